The average Bonchev–Trinajstić information content (AvgIpc) is 3.09. The fourth-order valence-electron chi connectivity index (χ4n) is 2.87. The van der Waals surface area contributed by atoms with Crippen molar-refractivity contribution in [3.05, 3.63) is 58.9 Å². The predicted octanol–water partition coefficient (Wildman–Crippen LogP) is 1.80. The van der Waals surface area contributed by atoms with Gasteiger partial charge in [0.25, 0.3) is 5.56 Å². The van der Waals surface area contributed by atoms with Gasteiger partial charge in [0.15, 0.2) is 11.2 Å². The number of nitrogens with zero attached hydrogens (tertiary/aromatic N) is 5. The lowest BCUT2D eigenvalue weighted by Crippen LogP contribution is -2.31. The van der Waals surface area contributed by atoms with Crippen LogP contribution in [0.4, 0.5) is 4.39 Å². The van der Waals surface area contributed by atoms with E-state index in [1.807, 2.05) is 0 Å². The predicted molar refractivity (Wildman–Crippen MR) is 98.5 cm³/mol. The van der Waals surface area contributed by atoms with Crippen molar-refractivity contribution < 1.29 is 14.3 Å². The van der Waals surface area contributed by atoms with E-state index < -0.39 is 17.6 Å². The minimum Gasteiger partial charge on any atom is -0.480 e. The fraction of sp³-hybridized carbons (Fsp3) is 0.118. The average molecular weight is 385 g/mol. The van der Waals surface area contributed by atoms with Crippen LogP contribution in [-0.4, -0.2) is 41.2 Å². The number of halogens is 1. The van der Waals surface area contributed by atoms with Gasteiger partial charge in [-0.3, -0.25) is 9.36 Å². The first-order valence-corrected chi connectivity index (χ1v) is 8.49. The summed E-state index contributed by atoms with van der Waals surface area (Å²) in [6.07, 6.45) is 2.93. The van der Waals surface area contributed by atoms with Gasteiger partial charge in [-0.05, 0) is 23.8 Å². The smallest absolute Gasteiger partial charge is 0.327 e. The fourth-order valence-corrected chi connectivity index (χ4v) is 3.20. The number of carbonyl (C=O) groups is 1. The number of pyridine rings is 1. The summed E-state index contributed by atoms with van der Waals surface area (Å²) in [5, 5.41) is 21.6. The highest BCUT2D eigenvalue weighted by atomic mass is 32.1. The summed E-state index contributed by atoms with van der Waals surface area (Å²) in [6, 6.07) is 6.29. The number of aromatic nitrogens is 5. The van der Waals surface area contributed by atoms with Crippen molar-refractivity contribution >= 4 is 35.3 Å². The number of fused-ring (bicyclic) bond motifs is 3. The summed E-state index contributed by atoms with van der Waals surface area (Å²) in [5.74, 6) is -1.57. The Morgan fingerprint density at radius 3 is 2.63 bits per heavy atom. The maximum absolute atomic E-state index is 13.2. The first-order valence-electron chi connectivity index (χ1n) is 7.86. The zero-order valence-corrected chi connectivity index (χ0v) is 14.5. The van der Waals surface area contributed by atoms with E-state index in [0.29, 0.717) is 22.3 Å². The monoisotopic (exact) mass is 385 g/mol. The van der Waals surface area contributed by atoms with Crippen molar-refractivity contribution in [2.75, 3.05) is 5.75 Å². The molecule has 1 N–H and O–H groups in total. The van der Waals surface area contributed by atoms with Crippen LogP contribution < -0.4 is 5.56 Å². The summed E-state index contributed by atoms with van der Waals surface area (Å²) in [7, 11) is 0. The second kappa shape index (κ2) is 6.47. The van der Waals surface area contributed by atoms with Gasteiger partial charge in [0.1, 0.15) is 17.4 Å². The molecule has 4 aromatic rings. The molecule has 1 aromatic carbocycles. The minimum atomic E-state index is -1.17. The van der Waals surface area contributed by atoms with E-state index in [-0.39, 0.29) is 17.1 Å². The molecule has 10 heteroatoms. The van der Waals surface area contributed by atoms with Crippen molar-refractivity contribution in [3.63, 3.8) is 0 Å². The molecule has 0 saturated heterocycles. The molecule has 8 nitrogen and oxygen atoms in total. The first-order chi connectivity index (χ1) is 13.0. The maximum atomic E-state index is 13.2. The Balaban J connectivity index is 1.93. The standard InChI is InChI=1S/C17H12FN5O3S/c18-10-3-1-9(2-4-10)11-7-19-23-12-5-6-22(13(8-27)17(25)26)16(24)14(12)20-21-15(11)23/h1-7,13,27H,8H2,(H,25,26)/t13-/m0/s1. The number of thiol groups is 1. The molecule has 3 aromatic heterocycles. The second-order valence-corrected chi connectivity index (χ2v) is 6.16. The van der Waals surface area contributed by atoms with Gasteiger partial charge in [0.05, 0.1) is 6.20 Å². The molecular formula is C17H12FN5O3S. The number of benzene rings is 1. The summed E-state index contributed by atoms with van der Waals surface area (Å²) < 4.78 is 15.7. The first kappa shape index (κ1) is 17.2. The summed E-state index contributed by atoms with van der Waals surface area (Å²) in [4.78, 5) is 24.0. The Morgan fingerprint density at radius 1 is 1.22 bits per heavy atom. The van der Waals surface area contributed by atoms with Crippen LogP contribution in [0.15, 0.2) is 47.5 Å². The van der Waals surface area contributed by atoms with Gasteiger partial charge < -0.3 is 5.11 Å². The molecule has 0 radical (unpaired) electrons. The van der Waals surface area contributed by atoms with Crippen LogP contribution in [-0.2, 0) is 4.79 Å². The number of aliphatic carboxylic acids is 1. The van der Waals surface area contributed by atoms with Gasteiger partial charge in [0.2, 0.25) is 0 Å². The van der Waals surface area contributed by atoms with Gasteiger partial charge in [0, 0.05) is 17.5 Å². The lowest BCUT2D eigenvalue weighted by molar-refractivity contribution is -0.140. The Morgan fingerprint density at radius 2 is 1.96 bits per heavy atom. The van der Waals surface area contributed by atoms with E-state index in [1.165, 1.54) is 22.8 Å². The Kier molecular flexibility index (Phi) is 4.11. The maximum Gasteiger partial charge on any atom is 0.327 e. The number of rotatable bonds is 4. The zero-order chi connectivity index (χ0) is 19.1. The molecule has 0 aliphatic rings. The number of carboxylic acids is 1. The topological polar surface area (TPSA) is 102 Å². The summed E-state index contributed by atoms with van der Waals surface area (Å²) in [6.45, 7) is 0. The van der Waals surface area contributed by atoms with E-state index in [1.54, 1.807) is 24.4 Å². The lowest BCUT2D eigenvalue weighted by Gasteiger charge is -2.13. The van der Waals surface area contributed by atoms with Gasteiger partial charge in [-0.25, -0.2) is 13.7 Å². The highest BCUT2D eigenvalue weighted by molar-refractivity contribution is 7.80. The minimum absolute atomic E-state index is 0.00760. The third-order valence-electron chi connectivity index (χ3n) is 4.24. The molecule has 0 fully saturated rings. The second-order valence-electron chi connectivity index (χ2n) is 5.80. The Bertz CT molecular complexity index is 1240. The van der Waals surface area contributed by atoms with Crippen molar-refractivity contribution in [1.29, 1.82) is 0 Å². The van der Waals surface area contributed by atoms with Gasteiger partial charge in [-0.15, -0.1) is 10.2 Å². The van der Waals surface area contributed by atoms with Crippen LogP contribution in [0, 0.1) is 5.82 Å². The number of carboxylic acid groups (broad SMARTS) is 1. The van der Waals surface area contributed by atoms with Crippen molar-refractivity contribution in [2.24, 2.45) is 0 Å². The van der Waals surface area contributed by atoms with Crippen LogP contribution in [0.1, 0.15) is 6.04 Å². The SMILES string of the molecule is O=C(O)[C@H](CS)n1ccc2c(nnc3c(-c4ccc(F)cc4)cnn32)c1=O. The summed E-state index contributed by atoms with van der Waals surface area (Å²) >= 11 is 4.00. The number of hydrogen-bond acceptors (Lipinski definition) is 6. The molecule has 0 aliphatic carbocycles. The van der Waals surface area contributed by atoms with Gasteiger partial charge in [-0.1, -0.05) is 12.1 Å². The molecule has 0 saturated carbocycles. The van der Waals surface area contributed by atoms with Crippen LogP contribution >= 0.6 is 12.6 Å². The molecule has 0 bridgehead atoms. The quantitative estimate of drug-likeness (QED) is 0.520. The van der Waals surface area contributed by atoms with Crippen molar-refractivity contribution in [1.82, 2.24) is 24.4 Å². The van der Waals surface area contributed by atoms with E-state index in [2.05, 4.69) is 27.9 Å². The Hall–Kier alpha value is -3.27. The molecule has 0 unspecified atom stereocenters. The van der Waals surface area contributed by atoms with E-state index >= 15 is 0 Å². The highest BCUT2D eigenvalue weighted by Gasteiger charge is 2.21. The van der Waals surface area contributed by atoms with E-state index in [4.69, 9.17) is 0 Å². The third kappa shape index (κ3) is 2.74. The molecule has 27 heavy (non-hydrogen) atoms. The highest BCUT2D eigenvalue weighted by Crippen LogP contribution is 2.24. The zero-order valence-electron chi connectivity index (χ0n) is 13.7. The molecule has 136 valence electrons. The molecule has 3 heterocycles. The molecule has 1 atom stereocenters. The van der Waals surface area contributed by atoms with E-state index in [0.717, 1.165) is 4.57 Å². The Labute approximate surface area is 156 Å². The van der Waals surface area contributed by atoms with Crippen LogP contribution in [0.3, 0.4) is 0 Å². The molecule has 4 rings (SSSR count). The molecular weight excluding hydrogens is 373 g/mol. The molecule has 0 aliphatic heterocycles. The number of hydrogen-bond donors (Lipinski definition) is 2. The summed E-state index contributed by atoms with van der Waals surface area (Å²) in [5.41, 5.74) is 1.52. The third-order valence-corrected chi connectivity index (χ3v) is 4.58. The van der Waals surface area contributed by atoms with Crippen LogP contribution in [0.25, 0.3) is 27.8 Å². The lowest BCUT2D eigenvalue weighted by atomic mass is 10.1. The normalized spacial score (nSPS) is 12.5. The molecule has 0 spiro atoms. The van der Waals surface area contributed by atoms with Crippen LogP contribution in [0.5, 0.6) is 0 Å². The van der Waals surface area contributed by atoms with Crippen molar-refractivity contribution in [2.45, 2.75) is 6.04 Å². The van der Waals surface area contributed by atoms with Gasteiger partial charge in [-0.2, -0.15) is 17.7 Å². The van der Waals surface area contributed by atoms with Gasteiger partial charge >= 0.3 is 5.97 Å². The van der Waals surface area contributed by atoms with Crippen molar-refractivity contribution in [3.8, 4) is 11.1 Å². The van der Waals surface area contributed by atoms with Crippen LogP contribution in [0.2, 0.25) is 0 Å². The van der Waals surface area contributed by atoms with E-state index in [9.17, 15) is 19.1 Å². The largest absolute Gasteiger partial charge is 0.480 e. The molecule has 0 amide bonds.